The Morgan fingerprint density at radius 3 is 2.62 bits per heavy atom. The second-order valence-electron chi connectivity index (χ2n) is 6.18. The zero-order chi connectivity index (χ0) is 18.8. The summed E-state index contributed by atoms with van der Waals surface area (Å²) in [7, 11) is 0. The smallest absolute Gasteiger partial charge is 0.252 e. The Kier molecular flexibility index (Phi) is 5.33. The number of nitrogens with zero attached hydrogens (tertiary/aromatic N) is 1. The van der Waals surface area contributed by atoms with Crippen LogP contribution in [0.1, 0.15) is 39.6 Å². The number of aromatic amines is 1. The van der Waals surface area contributed by atoms with Crippen molar-refractivity contribution in [3.05, 3.63) is 52.8 Å². The maximum Gasteiger partial charge on any atom is 0.252 e. The average Bonchev–Trinajstić information content (AvgIpc) is 3.13. The van der Waals surface area contributed by atoms with E-state index >= 15 is 0 Å². The van der Waals surface area contributed by atoms with Crippen LogP contribution in [0.15, 0.2) is 30.3 Å². The first-order valence-corrected chi connectivity index (χ1v) is 9.59. The summed E-state index contributed by atoms with van der Waals surface area (Å²) in [6.07, 6.45) is 0. The van der Waals surface area contributed by atoms with Crippen LogP contribution in [0.25, 0.3) is 0 Å². The Balaban J connectivity index is 1.73. The molecule has 0 aliphatic carbocycles. The van der Waals surface area contributed by atoms with Crippen molar-refractivity contribution >= 4 is 46.5 Å². The van der Waals surface area contributed by atoms with Crippen LogP contribution in [0.5, 0.6) is 0 Å². The number of H-pyrrole nitrogens is 1. The van der Waals surface area contributed by atoms with Crippen molar-refractivity contribution in [3.63, 3.8) is 0 Å². The van der Waals surface area contributed by atoms with Gasteiger partial charge in [0.1, 0.15) is 5.37 Å². The number of nitrogens with one attached hydrogen (secondary N) is 3. The fourth-order valence-electron chi connectivity index (χ4n) is 2.76. The van der Waals surface area contributed by atoms with Crippen LogP contribution in [-0.2, 0) is 4.79 Å². The molecule has 1 unspecified atom stereocenters. The number of anilines is 1. The van der Waals surface area contributed by atoms with Crippen molar-refractivity contribution < 1.29 is 9.59 Å². The Labute approximate surface area is 161 Å². The van der Waals surface area contributed by atoms with Crippen LogP contribution in [0, 0.1) is 13.8 Å². The lowest BCUT2D eigenvalue weighted by Crippen LogP contribution is -2.46. The Morgan fingerprint density at radius 2 is 2.00 bits per heavy atom. The number of aryl methyl sites for hydroxylation is 2. The zero-order valence-electron chi connectivity index (χ0n) is 14.8. The number of Topliss-reactive ketones (excluding diaryl/α,β-unsaturated/α-hetero) is 1. The standard InChI is InChI=1S/C18H20N4O2S2/c1-10-4-6-13(7-5-10)20-18(25)21-22-16(24)9-26-17(22)15-8-14(12(3)23)11(2)19-15/h4-8,17,19H,9H2,1-3H3,(H2,20,21,25). The van der Waals surface area contributed by atoms with Gasteiger partial charge in [-0.2, -0.15) is 0 Å². The van der Waals surface area contributed by atoms with Gasteiger partial charge in [-0.15, -0.1) is 11.8 Å². The first kappa shape index (κ1) is 18.5. The van der Waals surface area contributed by atoms with Crippen molar-refractivity contribution in [3.8, 4) is 0 Å². The fraction of sp³-hybridized carbons (Fsp3) is 0.278. The summed E-state index contributed by atoms with van der Waals surface area (Å²) in [5.74, 6) is 0.276. The third-order valence-corrected chi connectivity index (χ3v) is 5.47. The number of thiocarbonyl (C=S) groups is 1. The number of carbonyl (C=O) groups is 2. The number of rotatable bonds is 4. The number of carbonyl (C=O) groups excluding carboxylic acids is 2. The topological polar surface area (TPSA) is 77.2 Å². The number of amides is 1. The first-order chi connectivity index (χ1) is 12.3. The highest BCUT2D eigenvalue weighted by Gasteiger charge is 2.35. The molecule has 1 aliphatic rings. The van der Waals surface area contributed by atoms with E-state index in [1.54, 1.807) is 6.07 Å². The molecule has 1 amide bonds. The summed E-state index contributed by atoms with van der Waals surface area (Å²) >= 11 is 6.82. The molecule has 1 atom stereocenters. The van der Waals surface area contributed by atoms with Crippen molar-refractivity contribution in [1.82, 2.24) is 15.4 Å². The Hall–Kier alpha value is -2.32. The number of hydrogen-bond donors (Lipinski definition) is 3. The molecule has 1 aliphatic heterocycles. The number of ketones is 1. The van der Waals surface area contributed by atoms with E-state index in [1.165, 1.54) is 23.7 Å². The summed E-state index contributed by atoms with van der Waals surface area (Å²) in [4.78, 5) is 27.2. The lowest BCUT2D eigenvalue weighted by Gasteiger charge is -2.25. The molecule has 8 heteroatoms. The van der Waals surface area contributed by atoms with Gasteiger partial charge in [0.05, 0.1) is 11.4 Å². The van der Waals surface area contributed by atoms with Crippen LogP contribution in [0.3, 0.4) is 0 Å². The van der Waals surface area contributed by atoms with Gasteiger partial charge in [0.15, 0.2) is 10.9 Å². The average molecular weight is 389 g/mol. The number of hydrazine groups is 1. The molecule has 3 N–H and O–H groups in total. The molecule has 136 valence electrons. The van der Waals surface area contributed by atoms with Gasteiger partial charge in [0, 0.05) is 16.9 Å². The third kappa shape index (κ3) is 3.91. The number of thioether (sulfide) groups is 1. The Bertz CT molecular complexity index is 861. The lowest BCUT2D eigenvalue weighted by molar-refractivity contribution is -0.129. The predicted octanol–water partition coefficient (Wildman–Crippen LogP) is 3.31. The molecule has 2 aromatic rings. The highest BCUT2D eigenvalue weighted by Crippen LogP contribution is 2.37. The number of aromatic nitrogens is 1. The fourth-order valence-corrected chi connectivity index (χ4v) is 4.04. The second kappa shape index (κ2) is 7.51. The summed E-state index contributed by atoms with van der Waals surface area (Å²) < 4.78 is 0. The minimum Gasteiger partial charge on any atom is -0.359 e. The predicted molar refractivity (Wildman–Crippen MR) is 108 cm³/mol. The molecule has 1 saturated heterocycles. The van der Waals surface area contributed by atoms with E-state index in [0.29, 0.717) is 16.4 Å². The molecular formula is C18H20N4O2S2. The molecule has 0 saturated carbocycles. The second-order valence-corrected chi connectivity index (χ2v) is 7.66. The van der Waals surface area contributed by atoms with Gasteiger partial charge in [-0.05, 0) is 51.2 Å². The number of hydrogen-bond acceptors (Lipinski definition) is 4. The molecule has 0 spiro atoms. The van der Waals surface area contributed by atoms with E-state index in [9.17, 15) is 9.59 Å². The van der Waals surface area contributed by atoms with E-state index in [4.69, 9.17) is 12.2 Å². The van der Waals surface area contributed by atoms with E-state index < -0.39 is 0 Å². The van der Waals surface area contributed by atoms with E-state index in [1.807, 2.05) is 38.1 Å². The van der Waals surface area contributed by atoms with Crippen LogP contribution in [0.2, 0.25) is 0 Å². The van der Waals surface area contributed by atoms with Crippen LogP contribution in [0.4, 0.5) is 5.69 Å². The van der Waals surface area contributed by atoms with Crippen molar-refractivity contribution in [2.45, 2.75) is 26.1 Å². The SMILES string of the molecule is CC(=O)c1cc(C2SCC(=O)N2NC(=S)Nc2ccc(C)cc2)[nH]c1C. The monoisotopic (exact) mass is 388 g/mol. The van der Waals surface area contributed by atoms with E-state index in [0.717, 1.165) is 22.6 Å². The largest absolute Gasteiger partial charge is 0.359 e. The normalized spacial score (nSPS) is 16.7. The van der Waals surface area contributed by atoms with Gasteiger partial charge in [-0.25, -0.2) is 5.01 Å². The summed E-state index contributed by atoms with van der Waals surface area (Å²) in [5.41, 5.74) is 7.22. The van der Waals surface area contributed by atoms with Gasteiger partial charge < -0.3 is 10.3 Å². The molecule has 1 aromatic carbocycles. The van der Waals surface area contributed by atoms with Gasteiger partial charge >= 0.3 is 0 Å². The van der Waals surface area contributed by atoms with Crippen LogP contribution < -0.4 is 10.7 Å². The molecule has 2 heterocycles. The molecule has 1 fully saturated rings. The lowest BCUT2D eigenvalue weighted by atomic mass is 10.2. The van der Waals surface area contributed by atoms with Crippen molar-refractivity contribution in [1.29, 1.82) is 0 Å². The molecule has 0 bridgehead atoms. The molecular weight excluding hydrogens is 368 g/mol. The third-order valence-electron chi connectivity index (χ3n) is 4.08. The van der Waals surface area contributed by atoms with Gasteiger partial charge in [0.2, 0.25) is 0 Å². The van der Waals surface area contributed by atoms with Crippen LogP contribution in [-0.4, -0.2) is 32.5 Å². The molecule has 26 heavy (non-hydrogen) atoms. The van der Waals surface area contributed by atoms with Crippen molar-refractivity contribution in [2.75, 3.05) is 11.1 Å². The first-order valence-electron chi connectivity index (χ1n) is 8.13. The van der Waals surface area contributed by atoms with Crippen LogP contribution >= 0.6 is 24.0 Å². The van der Waals surface area contributed by atoms with Crippen molar-refractivity contribution in [2.24, 2.45) is 0 Å². The minimum atomic E-state index is -0.271. The van der Waals surface area contributed by atoms with Gasteiger partial charge in [-0.3, -0.25) is 15.0 Å². The molecule has 0 radical (unpaired) electrons. The number of benzene rings is 1. The van der Waals surface area contributed by atoms with E-state index in [2.05, 4.69) is 15.7 Å². The zero-order valence-corrected chi connectivity index (χ0v) is 16.4. The Morgan fingerprint density at radius 1 is 1.31 bits per heavy atom. The van der Waals surface area contributed by atoms with Gasteiger partial charge in [0.25, 0.3) is 5.91 Å². The molecule has 3 rings (SSSR count). The van der Waals surface area contributed by atoms with E-state index in [-0.39, 0.29) is 17.1 Å². The van der Waals surface area contributed by atoms with Gasteiger partial charge in [-0.1, -0.05) is 17.7 Å². The maximum atomic E-state index is 12.3. The quantitative estimate of drug-likeness (QED) is 0.551. The maximum absolute atomic E-state index is 12.3. The molecule has 1 aromatic heterocycles. The molecule has 6 nitrogen and oxygen atoms in total. The summed E-state index contributed by atoms with van der Waals surface area (Å²) in [6.45, 7) is 5.39. The minimum absolute atomic E-state index is 0.00427. The highest BCUT2D eigenvalue weighted by molar-refractivity contribution is 8.00. The summed E-state index contributed by atoms with van der Waals surface area (Å²) in [5, 5.41) is 4.65. The summed E-state index contributed by atoms with van der Waals surface area (Å²) in [6, 6.07) is 9.62. The highest BCUT2D eigenvalue weighted by atomic mass is 32.2.